The van der Waals surface area contributed by atoms with Crippen LogP contribution in [0.3, 0.4) is 0 Å². The van der Waals surface area contributed by atoms with Crippen LogP contribution in [0, 0.1) is 24.0 Å². The Hall–Kier alpha value is -4.31. The fourth-order valence-electron chi connectivity index (χ4n) is 4.43. The summed E-state index contributed by atoms with van der Waals surface area (Å²) in [5, 5.41) is 11.4. The highest BCUT2D eigenvalue weighted by atomic mass is 32.1. The third-order valence-electron chi connectivity index (χ3n) is 6.18. The van der Waals surface area contributed by atoms with E-state index in [4.69, 9.17) is 17.0 Å². The quantitative estimate of drug-likeness (QED) is 0.144. The molecule has 1 aliphatic heterocycles. The molecule has 1 saturated heterocycles. The maximum absolute atomic E-state index is 13.6. The Morgan fingerprint density at radius 1 is 1.05 bits per heavy atom. The minimum Gasteiger partial charge on any atom is -0.494 e. The second-order valence-corrected chi connectivity index (χ2v) is 8.91. The molecule has 9 nitrogen and oxygen atoms in total. The summed E-state index contributed by atoms with van der Waals surface area (Å²) in [6.07, 6.45) is 2.26. The van der Waals surface area contributed by atoms with Crippen LogP contribution < -0.4 is 9.64 Å². The van der Waals surface area contributed by atoms with E-state index in [1.165, 1.54) is 29.0 Å². The van der Waals surface area contributed by atoms with Crippen LogP contribution in [0.2, 0.25) is 0 Å². The van der Waals surface area contributed by atoms with Gasteiger partial charge in [0.25, 0.3) is 17.5 Å². The molecule has 3 aromatic rings. The first-order valence-electron chi connectivity index (χ1n) is 11.7. The zero-order chi connectivity index (χ0) is 26.9. The van der Waals surface area contributed by atoms with Crippen LogP contribution >= 0.6 is 12.2 Å². The molecular formula is C27H26N4O5S. The lowest BCUT2D eigenvalue weighted by Crippen LogP contribution is -2.56. The van der Waals surface area contributed by atoms with Crippen molar-refractivity contribution >= 4 is 46.6 Å². The largest absolute Gasteiger partial charge is 0.494 e. The number of anilines is 1. The van der Waals surface area contributed by atoms with Gasteiger partial charge in [0.2, 0.25) is 0 Å². The molecule has 0 radical (unpaired) electrons. The fraction of sp³-hybridized carbons (Fsp3) is 0.222. The summed E-state index contributed by atoms with van der Waals surface area (Å²) in [6, 6.07) is 15.2. The molecular weight excluding hydrogens is 492 g/mol. The van der Waals surface area contributed by atoms with Crippen molar-refractivity contribution in [1.82, 2.24) is 9.47 Å². The first-order valence-corrected chi connectivity index (χ1v) is 12.1. The van der Waals surface area contributed by atoms with Gasteiger partial charge in [0.1, 0.15) is 11.3 Å². The van der Waals surface area contributed by atoms with E-state index in [1.807, 2.05) is 37.5 Å². The molecule has 190 valence electrons. The highest BCUT2D eigenvalue weighted by Gasteiger charge is 2.40. The van der Waals surface area contributed by atoms with Gasteiger partial charge in [-0.1, -0.05) is 25.1 Å². The van der Waals surface area contributed by atoms with Crippen LogP contribution in [0.1, 0.15) is 30.3 Å². The molecule has 4 rings (SSSR count). The zero-order valence-electron chi connectivity index (χ0n) is 20.9. The second kappa shape index (κ2) is 10.4. The van der Waals surface area contributed by atoms with E-state index in [2.05, 4.69) is 0 Å². The summed E-state index contributed by atoms with van der Waals surface area (Å²) in [5.41, 5.74) is 3.30. The topological polar surface area (TPSA) is 97.9 Å². The van der Waals surface area contributed by atoms with Crippen molar-refractivity contribution in [2.45, 2.75) is 27.2 Å². The van der Waals surface area contributed by atoms with Crippen LogP contribution in [-0.4, -0.2) is 45.0 Å². The Kier molecular flexibility index (Phi) is 7.21. The predicted octanol–water partition coefficient (Wildman–Crippen LogP) is 4.96. The van der Waals surface area contributed by atoms with Crippen molar-refractivity contribution in [3.8, 4) is 11.4 Å². The molecule has 1 aliphatic rings. The Morgan fingerprint density at radius 3 is 2.38 bits per heavy atom. The number of hydrogen-bond acceptors (Lipinski definition) is 6. The Labute approximate surface area is 219 Å². The maximum Gasteiger partial charge on any atom is 0.273 e. The molecule has 0 atom stereocenters. The maximum atomic E-state index is 13.6. The number of aromatic nitrogens is 1. The molecule has 0 N–H and O–H groups in total. The van der Waals surface area contributed by atoms with E-state index >= 15 is 0 Å². The molecule has 2 aromatic carbocycles. The number of carbonyl (C=O) groups is 2. The number of thiocarbonyl (C=S) groups is 1. The van der Waals surface area contributed by atoms with Gasteiger partial charge >= 0.3 is 0 Å². The fourth-order valence-corrected chi connectivity index (χ4v) is 4.79. The van der Waals surface area contributed by atoms with Crippen LogP contribution in [0.15, 0.2) is 60.2 Å². The molecule has 37 heavy (non-hydrogen) atoms. The monoisotopic (exact) mass is 518 g/mol. The summed E-state index contributed by atoms with van der Waals surface area (Å²) in [7, 11) is 1.45. The van der Waals surface area contributed by atoms with Gasteiger partial charge in [0, 0.05) is 24.0 Å². The molecule has 0 bridgehead atoms. The van der Waals surface area contributed by atoms with E-state index in [0.717, 1.165) is 11.4 Å². The number of hydrogen-bond donors (Lipinski definition) is 0. The molecule has 0 aliphatic carbocycles. The average Bonchev–Trinajstić information content (AvgIpc) is 3.16. The average molecular weight is 519 g/mol. The summed E-state index contributed by atoms with van der Waals surface area (Å²) < 4.78 is 7.30. The minimum absolute atomic E-state index is 0.00168. The first-order chi connectivity index (χ1) is 17.7. The highest BCUT2D eigenvalue weighted by molar-refractivity contribution is 7.80. The van der Waals surface area contributed by atoms with Gasteiger partial charge < -0.3 is 9.30 Å². The molecule has 0 unspecified atom stereocenters. The van der Waals surface area contributed by atoms with E-state index in [1.54, 1.807) is 36.4 Å². The standard InChI is InChI=1S/C27H26N4O5S/c1-5-13-28-25(32)22(26(33)30(27(28)37)20-9-7-6-8-10-20)15-19-14-17(2)29(18(19)3)23-12-11-21(31(34)35)16-24(23)36-4/h6-12,14-16H,5,13H2,1-4H3/b22-15+. The molecule has 2 heterocycles. The number of nitrogens with zero attached hydrogens (tertiary/aromatic N) is 4. The van der Waals surface area contributed by atoms with Crippen LogP contribution in [-0.2, 0) is 9.59 Å². The van der Waals surface area contributed by atoms with Gasteiger partial charge in [-0.2, -0.15) is 0 Å². The zero-order valence-corrected chi connectivity index (χ0v) is 21.7. The number of nitro groups is 1. The first kappa shape index (κ1) is 25.8. The van der Waals surface area contributed by atoms with Gasteiger partial charge in [-0.3, -0.25) is 29.5 Å². The lowest BCUT2D eigenvalue weighted by atomic mass is 10.1. The van der Waals surface area contributed by atoms with E-state index in [9.17, 15) is 19.7 Å². The van der Waals surface area contributed by atoms with Crippen LogP contribution in [0.4, 0.5) is 11.4 Å². The molecule has 0 saturated carbocycles. The molecule has 1 aromatic heterocycles. The number of non-ortho nitro benzene ring substituents is 1. The molecule has 10 heteroatoms. The van der Waals surface area contributed by atoms with Crippen LogP contribution in [0.5, 0.6) is 5.75 Å². The van der Waals surface area contributed by atoms with Gasteiger partial charge in [-0.25, -0.2) is 0 Å². The lowest BCUT2D eigenvalue weighted by Gasteiger charge is -2.36. The number of nitro benzene ring substituents is 1. The van der Waals surface area contributed by atoms with Gasteiger partial charge in [-0.05, 0) is 68.4 Å². The Morgan fingerprint density at radius 2 is 1.76 bits per heavy atom. The number of carbonyl (C=O) groups excluding carboxylic acids is 2. The molecule has 2 amide bonds. The number of aryl methyl sites for hydroxylation is 1. The molecule has 0 spiro atoms. The van der Waals surface area contributed by atoms with Gasteiger partial charge in [-0.15, -0.1) is 0 Å². The lowest BCUT2D eigenvalue weighted by molar-refractivity contribution is -0.384. The van der Waals surface area contributed by atoms with E-state index in [-0.39, 0.29) is 16.4 Å². The number of para-hydroxylation sites is 1. The number of rotatable bonds is 7. The van der Waals surface area contributed by atoms with Crippen molar-refractivity contribution in [3.63, 3.8) is 0 Å². The van der Waals surface area contributed by atoms with E-state index < -0.39 is 16.7 Å². The van der Waals surface area contributed by atoms with Crippen molar-refractivity contribution < 1.29 is 19.2 Å². The number of methoxy groups -OCH3 is 1. The summed E-state index contributed by atoms with van der Waals surface area (Å²) >= 11 is 5.56. The minimum atomic E-state index is -0.494. The van der Waals surface area contributed by atoms with Crippen molar-refractivity contribution in [1.29, 1.82) is 0 Å². The van der Waals surface area contributed by atoms with Crippen LogP contribution in [0.25, 0.3) is 11.8 Å². The van der Waals surface area contributed by atoms with Crippen molar-refractivity contribution in [2.24, 2.45) is 0 Å². The third-order valence-corrected chi connectivity index (χ3v) is 6.58. The number of amides is 2. The highest BCUT2D eigenvalue weighted by Crippen LogP contribution is 2.33. The summed E-state index contributed by atoms with van der Waals surface area (Å²) in [4.78, 5) is 40.6. The normalized spacial score (nSPS) is 15.0. The number of benzene rings is 2. The number of ether oxygens (including phenoxy) is 1. The Bertz CT molecular complexity index is 1440. The third kappa shape index (κ3) is 4.63. The van der Waals surface area contributed by atoms with Gasteiger partial charge in [0.15, 0.2) is 5.11 Å². The second-order valence-electron chi connectivity index (χ2n) is 8.55. The predicted molar refractivity (Wildman–Crippen MR) is 145 cm³/mol. The Balaban J connectivity index is 1.83. The smallest absolute Gasteiger partial charge is 0.273 e. The van der Waals surface area contributed by atoms with E-state index in [0.29, 0.717) is 35.7 Å². The van der Waals surface area contributed by atoms with Crippen molar-refractivity contribution in [3.05, 3.63) is 87.2 Å². The molecule has 1 fully saturated rings. The summed E-state index contributed by atoms with van der Waals surface area (Å²) in [5.74, 6) is -0.609. The van der Waals surface area contributed by atoms with Crippen molar-refractivity contribution in [2.75, 3.05) is 18.6 Å². The van der Waals surface area contributed by atoms with Gasteiger partial charge in [0.05, 0.1) is 29.5 Å². The summed E-state index contributed by atoms with van der Waals surface area (Å²) in [6.45, 7) is 6.04. The SMILES string of the molecule is CCCN1C(=O)/C(=C\c2cc(C)n(-c3ccc([N+](=O)[O-])cc3OC)c2C)C(=O)N(c2ccccc2)C1=S.